The second kappa shape index (κ2) is 13.3. The van der Waals surface area contributed by atoms with Gasteiger partial charge in [-0.3, -0.25) is 19.1 Å². The van der Waals surface area contributed by atoms with Gasteiger partial charge in [0.15, 0.2) is 0 Å². The van der Waals surface area contributed by atoms with Crippen LogP contribution in [0.15, 0.2) is 18.2 Å². The van der Waals surface area contributed by atoms with Gasteiger partial charge in [0, 0.05) is 26.2 Å². The first-order chi connectivity index (χ1) is 22.3. The highest BCUT2D eigenvalue weighted by atomic mass is 31.2. The van der Waals surface area contributed by atoms with E-state index < -0.39 is 60.3 Å². The smallest absolute Gasteiger partial charge is 0.410 e. The van der Waals surface area contributed by atoms with Gasteiger partial charge in [-0.1, -0.05) is 72.6 Å². The second-order valence-electron chi connectivity index (χ2n) is 16.2. The summed E-state index contributed by atoms with van der Waals surface area (Å²) in [5.74, 6) is -1.27. The van der Waals surface area contributed by atoms with Crippen molar-refractivity contribution in [3.8, 4) is 0 Å². The minimum Gasteiger partial charge on any atom is -0.449 e. The number of carbonyl (C=O) groups excluding carboxylic acids is 4. The summed E-state index contributed by atoms with van der Waals surface area (Å²) in [4.78, 5) is 68.7. The molecule has 6 atom stereocenters. The topological polar surface area (TPSA) is 155 Å². The van der Waals surface area contributed by atoms with Crippen molar-refractivity contribution in [3.63, 3.8) is 0 Å². The van der Waals surface area contributed by atoms with Crippen LogP contribution in [0, 0.1) is 16.7 Å². The lowest BCUT2D eigenvalue weighted by molar-refractivity contribution is -0.142. The van der Waals surface area contributed by atoms with Crippen molar-refractivity contribution in [2.45, 2.75) is 123 Å². The van der Waals surface area contributed by atoms with Gasteiger partial charge in [-0.05, 0) is 59.1 Å². The minimum atomic E-state index is -3.74. The van der Waals surface area contributed by atoms with E-state index in [1.807, 2.05) is 53.7 Å². The second-order valence-corrected chi connectivity index (χ2v) is 18.7. The van der Waals surface area contributed by atoms with Crippen LogP contribution < -0.4 is 10.6 Å². The van der Waals surface area contributed by atoms with E-state index in [4.69, 9.17) is 9.47 Å². The summed E-state index contributed by atoms with van der Waals surface area (Å²) < 4.78 is 24.6. The lowest BCUT2D eigenvalue weighted by atomic mass is 9.85. The standard InChI is InChI=1S/C35H53N4O8P/c1-8-24-17-35(24,48(7,44)45)37-29(40)27-16-25-19-39(27)30(41)28(33(2,3)4)36-31(42)46-21-34(5,6)15-10-9-12-22-13-11-14-23-18-38(20-26(22)23)32(43)47-25/h11,13-14,24-25,27-28H,8-10,12,15-21H2,1-7H3,(H,36,42)(H,37,40)(H,44,45)/t24-,25-,27+,28-,35+/m1/s1. The van der Waals surface area contributed by atoms with Gasteiger partial charge in [-0.2, -0.15) is 0 Å². The fraction of sp³-hybridized carbons (Fsp3) is 0.714. The zero-order chi connectivity index (χ0) is 35.2. The molecule has 48 heavy (non-hydrogen) atoms. The Morgan fingerprint density at radius 3 is 2.50 bits per heavy atom. The van der Waals surface area contributed by atoms with Crippen molar-refractivity contribution in [3.05, 3.63) is 34.9 Å². The minimum absolute atomic E-state index is 0.0111. The predicted octanol–water partition coefficient (Wildman–Crippen LogP) is 5.14. The maximum Gasteiger partial charge on any atom is 0.410 e. The maximum atomic E-state index is 14.3. The van der Waals surface area contributed by atoms with E-state index in [2.05, 4.69) is 16.7 Å². The molecule has 4 amide bonds. The molecule has 1 unspecified atom stereocenters. The molecule has 1 aromatic carbocycles. The molecule has 3 heterocycles. The molecule has 1 aromatic rings. The SMILES string of the molecule is CC[C@@H]1C[C@]1(NC(=O)[C@@H]1C[C@@H]2CN1C(=O)[C@H](C(C)(C)C)NC(=O)OCC(C)(C)CCCCc1cccc3c1CN(C3)C(=O)O2)P(C)(=O)O. The Labute approximate surface area is 284 Å². The average molecular weight is 689 g/mol. The van der Waals surface area contributed by atoms with Gasteiger partial charge in [0.1, 0.15) is 23.5 Å². The maximum absolute atomic E-state index is 14.3. The molecular weight excluding hydrogens is 635 g/mol. The van der Waals surface area contributed by atoms with Crippen molar-refractivity contribution in [1.82, 2.24) is 20.4 Å². The number of rotatable bonds is 4. The summed E-state index contributed by atoms with van der Waals surface area (Å²) in [5, 5.41) is 4.35. The van der Waals surface area contributed by atoms with Crippen molar-refractivity contribution in [2.75, 3.05) is 19.8 Å². The van der Waals surface area contributed by atoms with Gasteiger partial charge in [0.2, 0.25) is 19.2 Å². The Hall–Kier alpha value is -3.11. The van der Waals surface area contributed by atoms with Gasteiger partial charge < -0.3 is 29.9 Å². The van der Waals surface area contributed by atoms with Gasteiger partial charge in [0.05, 0.1) is 13.2 Å². The highest BCUT2D eigenvalue weighted by Crippen LogP contribution is 2.68. The molecule has 4 aliphatic rings. The number of benzene rings is 1. The first-order valence-corrected chi connectivity index (χ1v) is 19.4. The number of fused-ring (bicyclic) bond motifs is 3. The third kappa shape index (κ3) is 7.54. The Morgan fingerprint density at radius 1 is 1.15 bits per heavy atom. The number of hydrogen-bond donors (Lipinski definition) is 3. The van der Waals surface area contributed by atoms with Crippen LogP contribution in [-0.4, -0.2) is 82.0 Å². The molecule has 5 rings (SSSR count). The summed E-state index contributed by atoms with van der Waals surface area (Å²) >= 11 is 0. The molecule has 0 radical (unpaired) electrons. The number of cyclic esters (lactones) is 1. The lowest BCUT2D eigenvalue weighted by Crippen LogP contribution is -2.58. The molecule has 2 fully saturated rings. The summed E-state index contributed by atoms with van der Waals surface area (Å²) in [7, 11) is -3.74. The summed E-state index contributed by atoms with van der Waals surface area (Å²) in [6.45, 7) is 13.6. The van der Waals surface area contributed by atoms with Gasteiger partial charge in [-0.15, -0.1) is 0 Å². The normalized spacial score (nSPS) is 30.9. The van der Waals surface area contributed by atoms with Crippen molar-refractivity contribution in [2.24, 2.45) is 16.7 Å². The van der Waals surface area contributed by atoms with E-state index in [1.54, 1.807) is 4.90 Å². The lowest BCUT2D eigenvalue weighted by Gasteiger charge is -2.36. The predicted molar refractivity (Wildman–Crippen MR) is 180 cm³/mol. The van der Waals surface area contributed by atoms with Crippen LogP contribution in [0.2, 0.25) is 0 Å². The third-order valence-electron chi connectivity index (χ3n) is 10.6. The molecule has 1 saturated heterocycles. The first-order valence-electron chi connectivity index (χ1n) is 17.3. The molecule has 3 N–H and O–H groups in total. The summed E-state index contributed by atoms with van der Waals surface area (Å²) in [5.41, 5.74) is 2.35. The Kier molecular flexibility index (Phi) is 10.0. The zero-order valence-electron chi connectivity index (χ0n) is 29.5. The Morgan fingerprint density at radius 2 is 1.85 bits per heavy atom. The molecule has 13 heteroatoms. The van der Waals surface area contributed by atoms with Crippen molar-refractivity contribution in [1.29, 1.82) is 0 Å². The number of ether oxygens (including phenoxy) is 2. The van der Waals surface area contributed by atoms with Gasteiger partial charge in [-0.25, -0.2) is 9.59 Å². The highest BCUT2D eigenvalue weighted by molar-refractivity contribution is 7.59. The number of amides is 4. The Balaban J connectivity index is 1.45. The number of hydrogen-bond acceptors (Lipinski definition) is 7. The molecule has 0 aromatic heterocycles. The van der Waals surface area contributed by atoms with Crippen molar-refractivity contribution >= 4 is 31.4 Å². The van der Waals surface area contributed by atoms with Crippen LogP contribution in [0.1, 0.15) is 96.8 Å². The molecule has 4 bridgehead atoms. The molecular formula is C35H53N4O8P. The largest absolute Gasteiger partial charge is 0.449 e. The number of aryl methyl sites for hydroxylation is 1. The van der Waals surface area contributed by atoms with E-state index in [9.17, 15) is 28.6 Å². The summed E-state index contributed by atoms with van der Waals surface area (Å²) in [6, 6.07) is 3.99. The average Bonchev–Trinajstić information content (AvgIpc) is 3.31. The van der Waals surface area contributed by atoms with Crippen molar-refractivity contribution < 1.29 is 38.1 Å². The van der Waals surface area contributed by atoms with Crippen LogP contribution in [0.5, 0.6) is 0 Å². The van der Waals surface area contributed by atoms with E-state index >= 15 is 0 Å². The molecule has 12 nitrogen and oxygen atoms in total. The van der Waals surface area contributed by atoms with Crippen LogP contribution >= 0.6 is 7.37 Å². The van der Waals surface area contributed by atoms with E-state index in [1.165, 1.54) is 17.1 Å². The Bertz CT molecular complexity index is 1480. The fourth-order valence-corrected chi connectivity index (χ4v) is 9.27. The molecule has 3 aliphatic heterocycles. The first kappa shape index (κ1) is 36.2. The van der Waals surface area contributed by atoms with E-state index in [-0.39, 0.29) is 30.9 Å². The molecule has 1 aliphatic carbocycles. The number of nitrogens with one attached hydrogen (secondary N) is 2. The molecule has 1 saturated carbocycles. The van der Waals surface area contributed by atoms with Crippen LogP contribution in [-0.2, 0) is 43.1 Å². The number of carbonyl (C=O) groups is 4. The van der Waals surface area contributed by atoms with Crippen LogP contribution in [0.4, 0.5) is 9.59 Å². The van der Waals surface area contributed by atoms with E-state index in [0.717, 1.165) is 36.8 Å². The summed E-state index contributed by atoms with van der Waals surface area (Å²) in [6.07, 6.45) is 2.50. The van der Waals surface area contributed by atoms with E-state index in [0.29, 0.717) is 25.9 Å². The fourth-order valence-electron chi connectivity index (χ4n) is 7.53. The quantitative estimate of drug-likeness (QED) is 0.368. The zero-order valence-corrected chi connectivity index (χ0v) is 30.4. The van der Waals surface area contributed by atoms with Gasteiger partial charge in [0.25, 0.3) is 0 Å². The van der Waals surface area contributed by atoms with Crippen LogP contribution in [0.3, 0.4) is 0 Å². The van der Waals surface area contributed by atoms with Gasteiger partial charge >= 0.3 is 12.2 Å². The monoisotopic (exact) mass is 688 g/mol. The number of nitrogens with zero attached hydrogens (tertiary/aromatic N) is 2. The number of alkyl carbamates (subject to hydrolysis) is 1. The highest BCUT2D eigenvalue weighted by Gasteiger charge is 2.64. The third-order valence-corrected chi connectivity index (χ3v) is 12.8. The molecule has 266 valence electrons. The van der Waals surface area contributed by atoms with Crippen LogP contribution in [0.25, 0.3) is 0 Å². The molecule has 0 spiro atoms.